The second-order valence-electron chi connectivity index (χ2n) is 4.69. The predicted octanol–water partition coefficient (Wildman–Crippen LogP) is 1.59. The second kappa shape index (κ2) is 6.52. The van der Waals surface area contributed by atoms with E-state index in [1.54, 1.807) is 12.1 Å². The Kier molecular flexibility index (Phi) is 4.74. The minimum atomic E-state index is -0.412. The molecule has 2 rings (SSSR count). The summed E-state index contributed by atoms with van der Waals surface area (Å²) in [6, 6.07) is 4.58. The van der Waals surface area contributed by atoms with E-state index in [9.17, 15) is 9.18 Å². The summed E-state index contributed by atoms with van der Waals surface area (Å²) >= 11 is 0. The Labute approximate surface area is 112 Å². The standard InChI is InChI=1S/C14H19FN2O2/c1-19-13-6-5-10(8-11(13)15)9-17-14(18)12-4-2-3-7-16-12/h5-6,8,12,16H,2-4,7,9H2,1H3,(H,17,18). The molecule has 2 N–H and O–H groups in total. The van der Waals surface area contributed by atoms with Crippen LogP contribution in [0.4, 0.5) is 4.39 Å². The lowest BCUT2D eigenvalue weighted by molar-refractivity contribution is -0.123. The average molecular weight is 266 g/mol. The van der Waals surface area contributed by atoms with Gasteiger partial charge in [0, 0.05) is 6.54 Å². The van der Waals surface area contributed by atoms with Gasteiger partial charge in [-0.1, -0.05) is 12.5 Å². The van der Waals surface area contributed by atoms with Crippen LogP contribution in [0.2, 0.25) is 0 Å². The third-order valence-corrected chi connectivity index (χ3v) is 3.31. The molecule has 0 radical (unpaired) electrons. The van der Waals surface area contributed by atoms with Gasteiger partial charge >= 0.3 is 0 Å². The molecule has 0 bridgehead atoms. The zero-order valence-electron chi connectivity index (χ0n) is 11.0. The molecule has 1 aromatic rings. The molecule has 0 saturated carbocycles. The van der Waals surface area contributed by atoms with Crippen molar-refractivity contribution in [3.63, 3.8) is 0 Å². The number of benzene rings is 1. The molecule has 5 heteroatoms. The van der Waals surface area contributed by atoms with E-state index in [1.165, 1.54) is 13.2 Å². The molecule has 1 atom stereocenters. The van der Waals surface area contributed by atoms with Gasteiger partial charge in [-0.05, 0) is 37.1 Å². The van der Waals surface area contributed by atoms with Crippen LogP contribution in [-0.4, -0.2) is 25.6 Å². The summed E-state index contributed by atoms with van der Waals surface area (Å²) in [7, 11) is 1.43. The molecule has 1 heterocycles. The molecule has 1 aromatic carbocycles. The second-order valence-corrected chi connectivity index (χ2v) is 4.69. The van der Waals surface area contributed by atoms with E-state index in [0.29, 0.717) is 6.54 Å². The number of methoxy groups -OCH3 is 1. The van der Waals surface area contributed by atoms with Crippen molar-refractivity contribution in [1.29, 1.82) is 0 Å². The molecule has 104 valence electrons. The molecule has 4 nitrogen and oxygen atoms in total. The molecule has 1 aliphatic heterocycles. The van der Waals surface area contributed by atoms with Crippen molar-refractivity contribution in [3.05, 3.63) is 29.6 Å². The van der Waals surface area contributed by atoms with E-state index in [4.69, 9.17) is 4.74 Å². The minimum absolute atomic E-state index is 0.0177. The highest BCUT2D eigenvalue weighted by atomic mass is 19.1. The van der Waals surface area contributed by atoms with Crippen LogP contribution in [0.3, 0.4) is 0 Å². The maximum absolute atomic E-state index is 13.5. The summed E-state index contributed by atoms with van der Waals surface area (Å²) in [5, 5.41) is 6.00. The molecular weight excluding hydrogens is 247 g/mol. The van der Waals surface area contributed by atoms with Gasteiger partial charge in [0.1, 0.15) is 0 Å². The van der Waals surface area contributed by atoms with Crippen molar-refractivity contribution in [2.75, 3.05) is 13.7 Å². The first-order valence-corrected chi connectivity index (χ1v) is 6.54. The summed E-state index contributed by atoms with van der Waals surface area (Å²) in [5.41, 5.74) is 0.724. The zero-order chi connectivity index (χ0) is 13.7. The third-order valence-electron chi connectivity index (χ3n) is 3.31. The Hall–Kier alpha value is -1.62. The number of rotatable bonds is 4. The minimum Gasteiger partial charge on any atom is -0.494 e. The number of ether oxygens (including phenoxy) is 1. The Morgan fingerprint density at radius 1 is 1.53 bits per heavy atom. The Morgan fingerprint density at radius 2 is 2.37 bits per heavy atom. The third kappa shape index (κ3) is 3.67. The van der Waals surface area contributed by atoms with Crippen molar-refractivity contribution in [3.8, 4) is 5.75 Å². The van der Waals surface area contributed by atoms with Gasteiger partial charge in [-0.25, -0.2) is 4.39 Å². The molecule has 0 aromatic heterocycles. The molecule has 1 saturated heterocycles. The highest BCUT2D eigenvalue weighted by molar-refractivity contribution is 5.81. The summed E-state index contributed by atoms with van der Waals surface area (Å²) in [4.78, 5) is 11.9. The topological polar surface area (TPSA) is 50.4 Å². The van der Waals surface area contributed by atoms with E-state index in [1.807, 2.05) is 0 Å². The fraction of sp³-hybridized carbons (Fsp3) is 0.500. The lowest BCUT2D eigenvalue weighted by Gasteiger charge is -2.22. The maximum Gasteiger partial charge on any atom is 0.237 e. The highest BCUT2D eigenvalue weighted by Gasteiger charge is 2.19. The largest absolute Gasteiger partial charge is 0.494 e. The van der Waals surface area contributed by atoms with Gasteiger partial charge in [0.2, 0.25) is 5.91 Å². The number of piperidine rings is 1. The van der Waals surface area contributed by atoms with Gasteiger partial charge in [0.05, 0.1) is 13.2 Å². The molecule has 0 aliphatic carbocycles. The maximum atomic E-state index is 13.5. The van der Waals surface area contributed by atoms with Crippen molar-refractivity contribution < 1.29 is 13.9 Å². The van der Waals surface area contributed by atoms with Crippen LogP contribution in [-0.2, 0) is 11.3 Å². The summed E-state index contributed by atoms with van der Waals surface area (Å²) in [6.45, 7) is 1.22. The van der Waals surface area contributed by atoms with Crippen LogP contribution in [0.5, 0.6) is 5.75 Å². The first kappa shape index (κ1) is 13.8. The number of carbonyl (C=O) groups excluding carboxylic acids is 1. The SMILES string of the molecule is COc1ccc(CNC(=O)C2CCCCN2)cc1F. The quantitative estimate of drug-likeness (QED) is 0.870. The van der Waals surface area contributed by atoms with Crippen molar-refractivity contribution in [2.45, 2.75) is 31.8 Å². The van der Waals surface area contributed by atoms with Gasteiger partial charge in [-0.2, -0.15) is 0 Å². The van der Waals surface area contributed by atoms with Crippen LogP contribution >= 0.6 is 0 Å². The van der Waals surface area contributed by atoms with E-state index >= 15 is 0 Å². The highest BCUT2D eigenvalue weighted by Crippen LogP contribution is 2.17. The molecule has 1 fully saturated rings. The lowest BCUT2D eigenvalue weighted by Crippen LogP contribution is -2.46. The lowest BCUT2D eigenvalue weighted by atomic mass is 10.0. The van der Waals surface area contributed by atoms with Crippen LogP contribution in [0.25, 0.3) is 0 Å². The first-order valence-electron chi connectivity index (χ1n) is 6.54. The monoisotopic (exact) mass is 266 g/mol. The summed E-state index contributed by atoms with van der Waals surface area (Å²) in [5.74, 6) is -0.218. The van der Waals surface area contributed by atoms with Crippen LogP contribution in [0.15, 0.2) is 18.2 Å². The van der Waals surface area contributed by atoms with E-state index in [2.05, 4.69) is 10.6 Å². The smallest absolute Gasteiger partial charge is 0.237 e. The van der Waals surface area contributed by atoms with Crippen molar-refractivity contribution in [2.24, 2.45) is 0 Å². The van der Waals surface area contributed by atoms with Gasteiger partial charge in [-0.3, -0.25) is 4.79 Å². The van der Waals surface area contributed by atoms with Crippen LogP contribution in [0, 0.1) is 5.82 Å². The Bertz CT molecular complexity index is 445. The average Bonchev–Trinajstić information content (AvgIpc) is 2.46. The molecule has 0 spiro atoms. The number of nitrogens with one attached hydrogen (secondary N) is 2. The fourth-order valence-corrected chi connectivity index (χ4v) is 2.21. The number of hydrogen-bond acceptors (Lipinski definition) is 3. The summed E-state index contributed by atoms with van der Waals surface area (Å²) in [6.07, 6.45) is 3.05. The molecule has 1 aliphatic rings. The predicted molar refractivity (Wildman–Crippen MR) is 70.4 cm³/mol. The molecule has 1 amide bonds. The summed E-state index contributed by atoms with van der Waals surface area (Å²) < 4.78 is 18.3. The Morgan fingerprint density at radius 3 is 3.00 bits per heavy atom. The Balaban J connectivity index is 1.87. The molecule has 19 heavy (non-hydrogen) atoms. The number of hydrogen-bond donors (Lipinski definition) is 2. The zero-order valence-corrected chi connectivity index (χ0v) is 11.0. The number of carbonyl (C=O) groups is 1. The number of amides is 1. The van der Waals surface area contributed by atoms with Gasteiger partial charge in [-0.15, -0.1) is 0 Å². The van der Waals surface area contributed by atoms with Crippen LogP contribution < -0.4 is 15.4 Å². The normalized spacial score (nSPS) is 18.9. The molecule has 1 unspecified atom stereocenters. The molecular formula is C14H19FN2O2. The van der Waals surface area contributed by atoms with Gasteiger partial charge in [0.25, 0.3) is 0 Å². The van der Waals surface area contributed by atoms with Gasteiger partial charge in [0.15, 0.2) is 11.6 Å². The fourth-order valence-electron chi connectivity index (χ4n) is 2.21. The first-order chi connectivity index (χ1) is 9.20. The van der Waals surface area contributed by atoms with Crippen molar-refractivity contribution >= 4 is 5.91 Å². The van der Waals surface area contributed by atoms with E-state index < -0.39 is 5.82 Å². The van der Waals surface area contributed by atoms with Crippen molar-refractivity contribution in [1.82, 2.24) is 10.6 Å². The van der Waals surface area contributed by atoms with Crippen LogP contribution in [0.1, 0.15) is 24.8 Å². The van der Waals surface area contributed by atoms with E-state index in [0.717, 1.165) is 31.4 Å². The number of halogens is 1. The van der Waals surface area contributed by atoms with Gasteiger partial charge < -0.3 is 15.4 Å². The van der Waals surface area contributed by atoms with E-state index in [-0.39, 0.29) is 17.7 Å².